The van der Waals surface area contributed by atoms with E-state index in [1.165, 1.54) is 6.07 Å². The SMILES string of the molecule is O=C1C=C(S(=O)O)c2ccccc2C1=O. The lowest BCUT2D eigenvalue weighted by molar-refractivity contribution is -0.110. The molecule has 1 aromatic carbocycles. The van der Waals surface area contributed by atoms with Crippen LogP contribution < -0.4 is 0 Å². The smallest absolute Gasteiger partial charge is 0.233 e. The number of ketones is 2. The molecule has 0 aliphatic heterocycles. The van der Waals surface area contributed by atoms with Crippen molar-refractivity contribution in [2.75, 3.05) is 0 Å². The molecule has 0 saturated heterocycles. The van der Waals surface area contributed by atoms with Gasteiger partial charge in [0.2, 0.25) is 11.6 Å². The third-order valence-corrected chi connectivity index (χ3v) is 2.83. The van der Waals surface area contributed by atoms with Crippen LogP contribution in [0, 0.1) is 0 Å². The normalized spacial score (nSPS) is 17.0. The van der Waals surface area contributed by atoms with Gasteiger partial charge in [-0.15, -0.1) is 0 Å². The van der Waals surface area contributed by atoms with Gasteiger partial charge in [-0.1, -0.05) is 24.3 Å². The molecule has 0 fully saturated rings. The van der Waals surface area contributed by atoms with Gasteiger partial charge in [0.05, 0.1) is 4.91 Å². The van der Waals surface area contributed by atoms with E-state index in [9.17, 15) is 13.8 Å². The summed E-state index contributed by atoms with van der Waals surface area (Å²) in [6, 6.07) is 6.25. The minimum Gasteiger partial charge on any atom is -0.302 e. The van der Waals surface area contributed by atoms with E-state index in [0.717, 1.165) is 6.08 Å². The minimum absolute atomic E-state index is 0.0183. The Labute approximate surface area is 87.9 Å². The molecule has 0 aromatic heterocycles. The van der Waals surface area contributed by atoms with Crippen molar-refractivity contribution >= 4 is 27.6 Å². The number of carbonyl (C=O) groups is 2. The van der Waals surface area contributed by atoms with Gasteiger partial charge >= 0.3 is 0 Å². The highest BCUT2D eigenvalue weighted by Crippen LogP contribution is 2.26. The predicted octanol–water partition coefficient (Wildman–Crippen LogP) is 1.01. The Morgan fingerprint density at radius 2 is 1.67 bits per heavy atom. The monoisotopic (exact) mass is 222 g/mol. The van der Waals surface area contributed by atoms with Gasteiger partial charge in [0, 0.05) is 17.2 Å². The molecule has 15 heavy (non-hydrogen) atoms. The van der Waals surface area contributed by atoms with Crippen molar-refractivity contribution in [1.82, 2.24) is 0 Å². The van der Waals surface area contributed by atoms with Crippen LogP contribution in [0.2, 0.25) is 0 Å². The zero-order chi connectivity index (χ0) is 11.0. The Morgan fingerprint density at radius 3 is 2.27 bits per heavy atom. The van der Waals surface area contributed by atoms with Crippen LogP contribution in [0.1, 0.15) is 15.9 Å². The van der Waals surface area contributed by atoms with Crippen molar-refractivity contribution in [3.8, 4) is 0 Å². The summed E-state index contributed by atoms with van der Waals surface area (Å²) >= 11 is -2.26. The third kappa shape index (κ3) is 1.55. The first-order valence-electron chi connectivity index (χ1n) is 4.12. The Bertz CT molecular complexity index is 516. The van der Waals surface area contributed by atoms with Crippen LogP contribution in [-0.4, -0.2) is 20.3 Å². The summed E-state index contributed by atoms with van der Waals surface area (Å²) in [6.07, 6.45) is 0.917. The molecule has 4 nitrogen and oxygen atoms in total. The molecular weight excluding hydrogens is 216 g/mol. The maximum atomic E-state index is 11.4. The Morgan fingerprint density at radius 1 is 1.07 bits per heavy atom. The van der Waals surface area contributed by atoms with Gasteiger partial charge in [-0.25, -0.2) is 4.21 Å². The second-order valence-corrected chi connectivity index (χ2v) is 3.93. The van der Waals surface area contributed by atoms with E-state index >= 15 is 0 Å². The van der Waals surface area contributed by atoms with Crippen molar-refractivity contribution < 1.29 is 18.4 Å². The fourth-order valence-electron chi connectivity index (χ4n) is 1.44. The molecule has 0 radical (unpaired) electrons. The van der Waals surface area contributed by atoms with Gasteiger partial charge < -0.3 is 4.55 Å². The summed E-state index contributed by atoms with van der Waals surface area (Å²) in [5, 5.41) is 0. The number of hydrogen-bond donors (Lipinski definition) is 1. The van der Waals surface area contributed by atoms with Crippen LogP contribution in [0.3, 0.4) is 0 Å². The molecular formula is C10H6O4S. The van der Waals surface area contributed by atoms with Crippen molar-refractivity contribution in [3.05, 3.63) is 41.5 Å². The molecule has 0 amide bonds. The summed E-state index contributed by atoms with van der Waals surface area (Å²) in [5.74, 6) is -1.40. The van der Waals surface area contributed by atoms with Crippen LogP contribution in [0.25, 0.3) is 4.91 Å². The average Bonchev–Trinajstić information content (AvgIpc) is 2.23. The molecule has 5 heteroatoms. The highest BCUT2D eigenvalue weighted by Gasteiger charge is 2.27. The molecule has 1 atom stereocenters. The van der Waals surface area contributed by atoms with Gasteiger partial charge in [-0.3, -0.25) is 9.59 Å². The largest absolute Gasteiger partial charge is 0.302 e. The quantitative estimate of drug-likeness (QED) is 0.568. The maximum absolute atomic E-state index is 11.4. The molecule has 0 heterocycles. The van der Waals surface area contributed by atoms with E-state index < -0.39 is 22.6 Å². The van der Waals surface area contributed by atoms with E-state index in [-0.39, 0.29) is 10.5 Å². The lowest BCUT2D eigenvalue weighted by atomic mass is 9.95. The molecule has 1 aliphatic rings. The molecule has 1 N–H and O–H groups in total. The van der Waals surface area contributed by atoms with Gasteiger partial charge in [0.25, 0.3) is 0 Å². The van der Waals surface area contributed by atoms with Crippen LogP contribution in [0.4, 0.5) is 0 Å². The van der Waals surface area contributed by atoms with E-state index in [1.54, 1.807) is 18.2 Å². The Kier molecular flexibility index (Phi) is 2.34. The van der Waals surface area contributed by atoms with Crippen molar-refractivity contribution in [2.45, 2.75) is 0 Å². The topological polar surface area (TPSA) is 71.4 Å². The fraction of sp³-hybridized carbons (Fsp3) is 0. The van der Waals surface area contributed by atoms with E-state index in [2.05, 4.69) is 0 Å². The molecule has 0 bridgehead atoms. The number of allylic oxidation sites excluding steroid dienone is 1. The first-order valence-corrected chi connectivity index (χ1v) is 5.22. The number of benzene rings is 1. The molecule has 1 unspecified atom stereocenters. The first kappa shape index (κ1) is 9.95. The Hall–Kier alpha value is -1.59. The molecule has 1 aliphatic carbocycles. The van der Waals surface area contributed by atoms with Gasteiger partial charge in [-0.05, 0) is 0 Å². The summed E-state index contributed by atoms with van der Waals surface area (Å²) in [4.78, 5) is 22.6. The number of carbonyl (C=O) groups excluding carboxylic acids is 2. The molecule has 2 rings (SSSR count). The van der Waals surface area contributed by atoms with Gasteiger partial charge in [0.1, 0.15) is 0 Å². The maximum Gasteiger partial charge on any atom is 0.233 e. The number of hydrogen-bond acceptors (Lipinski definition) is 3. The fourth-order valence-corrected chi connectivity index (χ4v) is 2.01. The van der Waals surface area contributed by atoms with Crippen molar-refractivity contribution in [2.24, 2.45) is 0 Å². The summed E-state index contributed by atoms with van der Waals surface area (Å²) < 4.78 is 19.9. The van der Waals surface area contributed by atoms with E-state index in [4.69, 9.17) is 4.55 Å². The van der Waals surface area contributed by atoms with E-state index in [0.29, 0.717) is 5.56 Å². The van der Waals surface area contributed by atoms with E-state index in [1.807, 2.05) is 0 Å². The summed E-state index contributed by atoms with van der Waals surface area (Å²) in [6.45, 7) is 0. The third-order valence-electron chi connectivity index (χ3n) is 2.11. The number of rotatable bonds is 1. The zero-order valence-corrected chi connectivity index (χ0v) is 8.28. The summed E-state index contributed by atoms with van der Waals surface area (Å²) in [5.41, 5.74) is 0.533. The molecule has 0 spiro atoms. The molecule has 76 valence electrons. The lowest BCUT2D eigenvalue weighted by Gasteiger charge is -2.12. The molecule has 0 saturated carbocycles. The van der Waals surface area contributed by atoms with Crippen LogP contribution in [-0.2, 0) is 15.9 Å². The standard InChI is InChI=1S/C10H6O4S/c11-8-5-9(15(13)14)6-3-1-2-4-7(6)10(8)12/h1-5H,(H,13,14). The average molecular weight is 222 g/mol. The number of Topliss-reactive ketones (excluding diaryl/α,β-unsaturated/α-hetero) is 1. The van der Waals surface area contributed by atoms with Crippen LogP contribution in [0.15, 0.2) is 30.3 Å². The minimum atomic E-state index is -2.26. The Balaban J connectivity index is 2.71. The van der Waals surface area contributed by atoms with Gasteiger partial charge in [-0.2, -0.15) is 0 Å². The van der Waals surface area contributed by atoms with Crippen molar-refractivity contribution in [1.29, 1.82) is 0 Å². The summed E-state index contributed by atoms with van der Waals surface area (Å²) in [7, 11) is 0. The van der Waals surface area contributed by atoms with Crippen LogP contribution in [0.5, 0.6) is 0 Å². The highest BCUT2D eigenvalue weighted by molar-refractivity contribution is 7.89. The second kappa shape index (κ2) is 3.52. The van der Waals surface area contributed by atoms with Crippen LogP contribution >= 0.6 is 0 Å². The van der Waals surface area contributed by atoms with Gasteiger partial charge in [0.15, 0.2) is 11.1 Å². The zero-order valence-electron chi connectivity index (χ0n) is 7.47. The predicted molar refractivity (Wildman–Crippen MR) is 54.5 cm³/mol. The number of fused-ring (bicyclic) bond motifs is 1. The first-order chi connectivity index (χ1) is 7.11. The highest BCUT2D eigenvalue weighted by atomic mass is 32.2. The second-order valence-electron chi connectivity index (χ2n) is 3.00. The molecule has 1 aromatic rings. The lowest BCUT2D eigenvalue weighted by Crippen LogP contribution is -2.19. The van der Waals surface area contributed by atoms with Crippen molar-refractivity contribution in [3.63, 3.8) is 0 Å².